The maximum atomic E-state index is 11.9. The summed E-state index contributed by atoms with van der Waals surface area (Å²) in [5.41, 5.74) is 1.56. The van der Waals surface area contributed by atoms with E-state index in [0.717, 1.165) is 6.29 Å². The van der Waals surface area contributed by atoms with Crippen molar-refractivity contribution in [1.29, 1.82) is 0 Å². The zero-order chi connectivity index (χ0) is 12.1. The van der Waals surface area contributed by atoms with Gasteiger partial charge in [0, 0.05) is 11.1 Å². The second-order valence-corrected chi connectivity index (χ2v) is 3.53. The van der Waals surface area contributed by atoms with Gasteiger partial charge in [-0.3, -0.25) is 9.59 Å². The average molecular weight is 225 g/mol. The van der Waals surface area contributed by atoms with E-state index in [0.29, 0.717) is 16.8 Å². The molecule has 1 N–H and O–H groups in total. The predicted octanol–water partition coefficient (Wildman–Crippen LogP) is 2.75. The number of para-hydroxylation sites is 1. The molecule has 2 aromatic rings. The highest BCUT2D eigenvalue weighted by molar-refractivity contribution is 6.06. The van der Waals surface area contributed by atoms with E-state index < -0.39 is 0 Å². The molecule has 0 aliphatic heterocycles. The molecule has 0 saturated heterocycles. The van der Waals surface area contributed by atoms with Crippen LogP contribution >= 0.6 is 0 Å². The Kier molecular flexibility index (Phi) is 3.31. The molecule has 0 atom stereocenters. The topological polar surface area (TPSA) is 46.2 Å². The fraction of sp³-hybridized carbons (Fsp3) is 0. The lowest BCUT2D eigenvalue weighted by Crippen LogP contribution is -2.12. The van der Waals surface area contributed by atoms with Crippen molar-refractivity contribution in [2.24, 2.45) is 0 Å². The Bertz CT molecular complexity index is 535. The van der Waals surface area contributed by atoms with Crippen LogP contribution < -0.4 is 5.32 Å². The number of rotatable bonds is 3. The quantitative estimate of drug-likeness (QED) is 0.816. The maximum absolute atomic E-state index is 11.9. The zero-order valence-electron chi connectivity index (χ0n) is 9.09. The SMILES string of the molecule is O=Cc1ccccc1NC(=O)c1ccccc1. The Balaban J connectivity index is 2.22. The van der Waals surface area contributed by atoms with Gasteiger partial charge in [-0.25, -0.2) is 0 Å². The van der Waals surface area contributed by atoms with Crippen LogP contribution in [0.5, 0.6) is 0 Å². The Hall–Kier alpha value is -2.42. The summed E-state index contributed by atoms with van der Waals surface area (Å²) in [6.45, 7) is 0. The molecule has 84 valence electrons. The van der Waals surface area contributed by atoms with Crippen LogP contribution in [0.1, 0.15) is 20.7 Å². The third-order valence-corrected chi connectivity index (χ3v) is 2.37. The van der Waals surface area contributed by atoms with Crippen LogP contribution in [-0.2, 0) is 0 Å². The molecule has 0 saturated carbocycles. The first kappa shape index (κ1) is 11.1. The molecule has 1 amide bonds. The summed E-state index contributed by atoms with van der Waals surface area (Å²) in [5.74, 6) is -0.222. The van der Waals surface area contributed by atoms with E-state index in [1.165, 1.54) is 0 Å². The van der Waals surface area contributed by atoms with Gasteiger partial charge in [-0.05, 0) is 24.3 Å². The van der Waals surface area contributed by atoms with E-state index in [1.807, 2.05) is 6.07 Å². The molecule has 0 aromatic heterocycles. The van der Waals surface area contributed by atoms with Gasteiger partial charge in [0.15, 0.2) is 6.29 Å². The highest BCUT2D eigenvalue weighted by Gasteiger charge is 2.07. The third-order valence-electron chi connectivity index (χ3n) is 2.37. The fourth-order valence-corrected chi connectivity index (χ4v) is 1.50. The Morgan fingerprint density at radius 3 is 2.29 bits per heavy atom. The van der Waals surface area contributed by atoms with Gasteiger partial charge in [0.1, 0.15) is 0 Å². The van der Waals surface area contributed by atoms with Gasteiger partial charge in [0.2, 0.25) is 0 Å². The monoisotopic (exact) mass is 225 g/mol. The van der Waals surface area contributed by atoms with Crippen molar-refractivity contribution in [2.45, 2.75) is 0 Å². The molecule has 0 aliphatic carbocycles. The summed E-state index contributed by atoms with van der Waals surface area (Å²) in [6.07, 6.45) is 0.723. The Labute approximate surface area is 99.1 Å². The van der Waals surface area contributed by atoms with Crippen molar-refractivity contribution < 1.29 is 9.59 Å². The van der Waals surface area contributed by atoms with E-state index in [9.17, 15) is 9.59 Å². The van der Waals surface area contributed by atoms with Gasteiger partial charge in [0.05, 0.1) is 5.69 Å². The van der Waals surface area contributed by atoms with Gasteiger partial charge in [-0.2, -0.15) is 0 Å². The molecule has 3 heteroatoms. The number of aldehydes is 1. The molecular weight excluding hydrogens is 214 g/mol. The molecule has 17 heavy (non-hydrogen) atoms. The van der Waals surface area contributed by atoms with Crippen molar-refractivity contribution in [2.75, 3.05) is 5.32 Å². The fourth-order valence-electron chi connectivity index (χ4n) is 1.50. The molecule has 0 fully saturated rings. The molecule has 0 spiro atoms. The molecule has 0 heterocycles. The molecule has 0 unspecified atom stereocenters. The van der Waals surface area contributed by atoms with Gasteiger partial charge < -0.3 is 5.32 Å². The number of nitrogens with one attached hydrogen (secondary N) is 1. The predicted molar refractivity (Wildman–Crippen MR) is 66.2 cm³/mol. The Morgan fingerprint density at radius 2 is 1.59 bits per heavy atom. The lowest BCUT2D eigenvalue weighted by molar-refractivity contribution is 0.102. The number of hydrogen-bond donors (Lipinski definition) is 1. The first-order valence-electron chi connectivity index (χ1n) is 5.22. The minimum absolute atomic E-state index is 0.222. The largest absolute Gasteiger partial charge is 0.321 e. The molecule has 0 radical (unpaired) electrons. The van der Waals surface area contributed by atoms with Gasteiger partial charge in [-0.15, -0.1) is 0 Å². The summed E-state index contributed by atoms with van der Waals surface area (Å²) in [5, 5.41) is 2.71. The van der Waals surface area contributed by atoms with Crippen molar-refractivity contribution in [3.05, 3.63) is 65.7 Å². The summed E-state index contributed by atoms with van der Waals surface area (Å²) < 4.78 is 0. The lowest BCUT2D eigenvalue weighted by atomic mass is 10.1. The van der Waals surface area contributed by atoms with E-state index in [1.54, 1.807) is 48.5 Å². The Morgan fingerprint density at radius 1 is 0.941 bits per heavy atom. The average Bonchev–Trinajstić information content (AvgIpc) is 2.40. The van der Waals surface area contributed by atoms with Gasteiger partial charge in [-0.1, -0.05) is 30.3 Å². The maximum Gasteiger partial charge on any atom is 0.255 e. The smallest absolute Gasteiger partial charge is 0.255 e. The molecule has 2 rings (SSSR count). The second-order valence-electron chi connectivity index (χ2n) is 3.53. The number of anilines is 1. The van der Waals surface area contributed by atoms with Crippen LogP contribution in [0.3, 0.4) is 0 Å². The second kappa shape index (κ2) is 5.07. The van der Waals surface area contributed by atoms with E-state index in [4.69, 9.17) is 0 Å². The molecule has 0 bridgehead atoms. The van der Waals surface area contributed by atoms with Gasteiger partial charge >= 0.3 is 0 Å². The third kappa shape index (κ3) is 2.58. The van der Waals surface area contributed by atoms with Crippen molar-refractivity contribution in [3.63, 3.8) is 0 Å². The van der Waals surface area contributed by atoms with Crippen LogP contribution in [0.4, 0.5) is 5.69 Å². The van der Waals surface area contributed by atoms with Crippen LogP contribution in [-0.4, -0.2) is 12.2 Å². The number of carbonyl (C=O) groups excluding carboxylic acids is 2. The standard InChI is InChI=1S/C14H11NO2/c16-10-12-8-4-5-9-13(12)15-14(17)11-6-2-1-3-7-11/h1-10H,(H,15,17). The highest BCUT2D eigenvalue weighted by Crippen LogP contribution is 2.13. The van der Waals surface area contributed by atoms with Crippen molar-refractivity contribution in [1.82, 2.24) is 0 Å². The first-order chi connectivity index (χ1) is 8.31. The minimum atomic E-state index is -0.222. The van der Waals surface area contributed by atoms with E-state index in [2.05, 4.69) is 5.32 Å². The lowest BCUT2D eigenvalue weighted by Gasteiger charge is -2.06. The van der Waals surface area contributed by atoms with E-state index >= 15 is 0 Å². The highest BCUT2D eigenvalue weighted by atomic mass is 16.1. The van der Waals surface area contributed by atoms with Crippen molar-refractivity contribution >= 4 is 17.9 Å². The number of hydrogen-bond acceptors (Lipinski definition) is 2. The summed E-state index contributed by atoms with van der Waals surface area (Å²) in [6, 6.07) is 15.8. The van der Waals surface area contributed by atoms with Crippen LogP contribution in [0.25, 0.3) is 0 Å². The number of carbonyl (C=O) groups is 2. The normalized spacial score (nSPS) is 9.65. The minimum Gasteiger partial charge on any atom is -0.321 e. The summed E-state index contributed by atoms with van der Waals surface area (Å²) >= 11 is 0. The van der Waals surface area contributed by atoms with Crippen LogP contribution in [0.15, 0.2) is 54.6 Å². The first-order valence-corrected chi connectivity index (χ1v) is 5.22. The summed E-state index contributed by atoms with van der Waals surface area (Å²) in [7, 11) is 0. The van der Waals surface area contributed by atoms with Crippen molar-refractivity contribution in [3.8, 4) is 0 Å². The molecule has 0 aliphatic rings. The molecular formula is C14H11NO2. The number of benzene rings is 2. The van der Waals surface area contributed by atoms with Crippen LogP contribution in [0, 0.1) is 0 Å². The molecule has 3 nitrogen and oxygen atoms in total. The molecule has 2 aromatic carbocycles. The van der Waals surface area contributed by atoms with Crippen LogP contribution in [0.2, 0.25) is 0 Å². The van der Waals surface area contributed by atoms with E-state index in [-0.39, 0.29) is 5.91 Å². The van der Waals surface area contributed by atoms with Gasteiger partial charge in [0.25, 0.3) is 5.91 Å². The number of amides is 1. The zero-order valence-corrected chi connectivity index (χ0v) is 9.09. The summed E-state index contributed by atoms with van der Waals surface area (Å²) in [4.78, 5) is 22.6.